The molecule has 0 aliphatic rings. The van der Waals surface area contributed by atoms with E-state index >= 15 is 0 Å². The Labute approximate surface area is 169 Å². The maximum absolute atomic E-state index is 12.1. The summed E-state index contributed by atoms with van der Waals surface area (Å²) < 4.78 is 21.4. The van der Waals surface area contributed by atoms with Crippen LogP contribution in [-0.4, -0.2) is 47.8 Å². The Kier molecular flexibility index (Phi) is 13.4. The molecule has 0 aliphatic heterocycles. The van der Waals surface area contributed by atoms with Gasteiger partial charge in [0.15, 0.2) is 12.5 Å². The number of amides is 2. The van der Waals surface area contributed by atoms with Crippen LogP contribution in [0.25, 0.3) is 0 Å². The van der Waals surface area contributed by atoms with E-state index in [9.17, 15) is 14.2 Å². The third kappa shape index (κ3) is 9.51. The highest BCUT2D eigenvalue weighted by atomic mass is 31.1. The van der Waals surface area contributed by atoms with E-state index in [4.69, 9.17) is 9.05 Å². The Morgan fingerprint density at radius 2 is 1.07 bits per heavy atom. The average Bonchev–Trinajstić information content (AvgIpc) is 2.69. The molecule has 0 radical (unpaired) electrons. The summed E-state index contributed by atoms with van der Waals surface area (Å²) in [5, 5.41) is 0. The Morgan fingerprint density at radius 3 is 1.36 bits per heavy atom. The molecule has 0 heterocycles. The molecule has 156 valence electrons. The van der Waals surface area contributed by atoms with Crippen molar-refractivity contribution >= 4 is 20.1 Å². The predicted molar refractivity (Wildman–Crippen MR) is 111 cm³/mol. The third-order valence-corrected chi connectivity index (χ3v) is 4.51. The van der Waals surface area contributed by atoms with Gasteiger partial charge in [0, 0.05) is 41.9 Å². The van der Waals surface area contributed by atoms with Crippen molar-refractivity contribution in [2.75, 3.05) is 26.2 Å². The maximum atomic E-state index is 12.1. The summed E-state index contributed by atoms with van der Waals surface area (Å²) in [5.41, 5.74) is 1.11. The van der Waals surface area contributed by atoms with Crippen molar-refractivity contribution in [1.82, 2.24) is 9.80 Å². The summed E-state index contributed by atoms with van der Waals surface area (Å²) in [6.07, 6.45) is 8.57. The molecular weight excluding hydrogens is 379 g/mol. The van der Waals surface area contributed by atoms with Gasteiger partial charge >= 0.3 is 8.25 Å². The Balaban J connectivity index is 4.49. The van der Waals surface area contributed by atoms with E-state index in [1.807, 2.05) is 27.7 Å². The molecule has 0 saturated carbocycles. The lowest BCUT2D eigenvalue weighted by Gasteiger charge is -2.18. The summed E-state index contributed by atoms with van der Waals surface area (Å²) in [6.45, 7) is 13.6. The van der Waals surface area contributed by atoms with Crippen molar-refractivity contribution in [3.8, 4) is 0 Å². The van der Waals surface area contributed by atoms with Crippen LogP contribution < -0.4 is 0 Å². The molecule has 0 aliphatic carbocycles. The van der Waals surface area contributed by atoms with Crippen LogP contribution in [-0.2, 0) is 23.2 Å². The van der Waals surface area contributed by atoms with E-state index in [0.29, 0.717) is 37.3 Å². The summed E-state index contributed by atoms with van der Waals surface area (Å²) in [6, 6.07) is 0. The molecule has 0 N–H and O–H groups in total. The van der Waals surface area contributed by atoms with Crippen LogP contribution in [0, 0.1) is 0 Å². The van der Waals surface area contributed by atoms with Crippen LogP contribution in [0.15, 0.2) is 48.0 Å². The van der Waals surface area contributed by atoms with E-state index < -0.39 is 8.25 Å². The van der Waals surface area contributed by atoms with Crippen molar-refractivity contribution in [1.29, 1.82) is 0 Å². The van der Waals surface area contributed by atoms with Crippen molar-refractivity contribution in [3.05, 3.63) is 48.0 Å². The lowest BCUT2D eigenvalue weighted by Crippen LogP contribution is -2.30. The molecule has 0 aromatic carbocycles. The average molecular weight is 411 g/mol. The van der Waals surface area contributed by atoms with Crippen LogP contribution >= 0.6 is 8.25 Å². The third-order valence-electron chi connectivity index (χ3n) is 3.92. The zero-order chi connectivity index (χ0) is 21.5. The first-order valence-electron chi connectivity index (χ1n) is 9.38. The minimum atomic E-state index is -2.38. The number of rotatable bonds is 12. The van der Waals surface area contributed by atoms with Gasteiger partial charge in [0.25, 0.3) is 0 Å². The van der Waals surface area contributed by atoms with Gasteiger partial charge in [0.2, 0.25) is 11.8 Å². The van der Waals surface area contributed by atoms with E-state index in [2.05, 4.69) is 0 Å². The van der Waals surface area contributed by atoms with Gasteiger partial charge in [0.1, 0.15) is 0 Å². The quantitative estimate of drug-likeness (QED) is 0.207. The summed E-state index contributed by atoms with van der Waals surface area (Å²) in [5.74, 6) is -0.112. The summed E-state index contributed by atoms with van der Waals surface area (Å²) in [7, 11) is -2.38. The van der Waals surface area contributed by atoms with Gasteiger partial charge in [-0.2, -0.15) is 0 Å². The molecule has 0 atom stereocenters. The fraction of sp³-hybridized carbons (Fsp3) is 0.500. The van der Waals surface area contributed by atoms with E-state index in [1.165, 1.54) is 24.7 Å². The fourth-order valence-corrected chi connectivity index (χ4v) is 2.61. The van der Waals surface area contributed by atoms with Gasteiger partial charge < -0.3 is 9.80 Å². The first-order valence-corrected chi connectivity index (χ1v) is 10.5. The molecule has 0 spiro atoms. The molecule has 7 nitrogen and oxygen atoms in total. The van der Waals surface area contributed by atoms with Crippen LogP contribution in [0.4, 0.5) is 0 Å². The molecule has 0 saturated heterocycles. The zero-order valence-corrected chi connectivity index (χ0v) is 18.6. The molecule has 0 bridgehead atoms. The Morgan fingerprint density at radius 1 is 0.750 bits per heavy atom. The minimum absolute atomic E-state index is 0.0559. The zero-order valence-electron chi connectivity index (χ0n) is 17.7. The van der Waals surface area contributed by atoms with Gasteiger partial charge in [-0.05, 0) is 53.7 Å². The lowest BCUT2D eigenvalue weighted by atomic mass is 10.2. The van der Waals surface area contributed by atoms with Crippen LogP contribution in [0.5, 0.6) is 0 Å². The second-order valence-corrected chi connectivity index (χ2v) is 6.61. The second kappa shape index (κ2) is 14.6. The smallest absolute Gasteiger partial charge is 0.339 e. The summed E-state index contributed by atoms with van der Waals surface area (Å²) >= 11 is 0. The number of hydrogen-bond acceptors (Lipinski definition) is 5. The van der Waals surface area contributed by atoms with Gasteiger partial charge in [0.05, 0.1) is 0 Å². The van der Waals surface area contributed by atoms with E-state index in [-0.39, 0.29) is 11.8 Å². The normalized spacial score (nSPS) is 13.0. The standard InChI is InChI=1S/C20H32N2O5P/c1-7-21(8-2)19(23)17(5)13-11-15-26-28(25)27-16-12-14-18(6)20(24)22(9-3)10-4/h11-16H,7-10H2,1-6H3/q+1/b15-11+,16-12+,17-13-,18-14-. The minimum Gasteiger partial charge on any atom is -0.339 e. The number of nitrogens with zero attached hydrogens (tertiary/aromatic N) is 2. The molecule has 8 heteroatoms. The Hall–Kier alpha value is -2.40. The maximum Gasteiger partial charge on any atom is 0.804 e. The monoisotopic (exact) mass is 411 g/mol. The molecule has 28 heavy (non-hydrogen) atoms. The Bertz CT molecular complexity index is 591. The van der Waals surface area contributed by atoms with Crippen LogP contribution in [0.2, 0.25) is 0 Å². The van der Waals surface area contributed by atoms with E-state index in [0.717, 1.165) is 0 Å². The van der Waals surface area contributed by atoms with Crippen LogP contribution in [0.1, 0.15) is 41.5 Å². The number of hydrogen-bond donors (Lipinski definition) is 0. The number of allylic oxidation sites excluding steroid dienone is 4. The molecule has 0 fully saturated rings. The molecule has 0 aromatic heterocycles. The SMILES string of the molecule is CCN(CC)C(=O)/C(C)=C\C=C\O[P+](=O)O/C=C/C=C(/C)C(=O)N(CC)CC. The molecule has 2 amide bonds. The molecule has 0 rings (SSSR count). The largest absolute Gasteiger partial charge is 0.804 e. The van der Waals surface area contributed by atoms with Crippen LogP contribution in [0.3, 0.4) is 0 Å². The topological polar surface area (TPSA) is 76.1 Å². The highest BCUT2D eigenvalue weighted by molar-refractivity contribution is 7.33. The first kappa shape index (κ1) is 25.6. The highest BCUT2D eigenvalue weighted by Gasteiger charge is 2.17. The van der Waals surface area contributed by atoms with Crippen molar-refractivity contribution in [2.45, 2.75) is 41.5 Å². The molecule has 0 aromatic rings. The van der Waals surface area contributed by atoms with Crippen molar-refractivity contribution < 1.29 is 23.2 Å². The number of carbonyl (C=O) groups excluding carboxylic acids is 2. The summed E-state index contributed by atoms with van der Waals surface area (Å²) in [4.78, 5) is 27.5. The van der Waals surface area contributed by atoms with Crippen molar-refractivity contribution in [3.63, 3.8) is 0 Å². The number of likely N-dealkylation sites (N-methyl/N-ethyl adjacent to an activating group) is 2. The second-order valence-electron chi connectivity index (χ2n) is 5.75. The highest BCUT2D eigenvalue weighted by Crippen LogP contribution is 2.24. The van der Waals surface area contributed by atoms with Gasteiger partial charge in [-0.25, -0.2) is 9.05 Å². The molecular formula is C20H32N2O5P+. The van der Waals surface area contributed by atoms with E-state index in [1.54, 1.807) is 35.8 Å². The van der Waals surface area contributed by atoms with Crippen molar-refractivity contribution in [2.24, 2.45) is 0 Å². The first-order chi connectivity index (χ1) is 13.3. The number of carbonyl (C=O) groups is 2. The predicted octanol–water partition coefficient (Wildman–Crippen LogP) is 4.33. The fourth-order valence-electron chi connectivity index (χ4n) is 2.22. The van der Waals surface area contributed by atoms with Gasteiger partial charge in [-0.3, -0.25) is 9.59 Å². The van der Waals surface area contributed by atoms with Gasteiger partial charge in [-0.15, -0.1) is 0 Å². The molecule has 0 unspecified atom stereocenters. The van der Waals surface area contributed by atoms with Gasteiger partial charge in [-0.1, -0.05) is 12.2 Å². The lowest BCUT2D eigenvalue weighted by molar-refractivity contribution is -0.127.